The van der Waals surface area contributed by atoms with Crippen LogP contribution in [0.2, 0.25) is 5.02 Å². The molecule has 118 valence electrons. The van der Waals surface area contributed by atoms with Crippen molar-refractivity contribution in [3.63, 3.8) is 0 Å². The Morgan fingerprint density at radius 2 is 2.13 bits per heavy atom. The van der Waals surface area contributed by atoms with Gasteiger partial charge in [0.05, 0.1) is 0 Å². The van der Waals surface area contributed by atoms with E-state index in [4.69, 9.17) is 17.3 Å². The second-order valence-corrected chi connectivity index (χ2v) is 6.84. The summed E-state index contributed by atoms with van der Waals surface area (Å²) in [5, 5.41) is 2.46. The van der Waals surface area contributed by atoms with Crippen LogP contribution in [0.1, 0.15) is 23.8 Å². The molecule has 0 saturated heterocycles. The van der Waals surface area contributed by atoms with E-state index in [0.717, 1.165) is 4.88 Å². The number of hydrogen-bond donors (Lipinski definition) is 1. The Labute approximate surface area is 144 Å². The van der Waals surface area contributed by atoms with Gasteiger partial charge in [-0.3, -0.25) is 9.79 Å². The predicted molar refractivity (Wildman–Crippen MR) is 96.4 cm³/mol. The van der Waals surface area contributed by atoms with Crippen LogP contribution in [0.25, 0.3) is 0 Å². The summed E-state index contributed by atoms with van der Waals surface area (Å²) < 4.78 is 0. The first-order valence-corrected chi connectivity index (χ1v) is 8.66. The minimum Gasteiger partial charge on any atom is -0.368 e. The molecule has 0 bridgehead atoms. The maximum absolute atomic E-state index is 12.9. The number of allylic oxidation sites excluding steroid dienone is 1. The lowest BCUT2D eigenvalue weighted by Gasteiger charge is -2.43. The molecule has 0 aliphatic carbocycles. The zero-order valence-electron chi connectivity index (χ0n) is 12.7. The Morgan fingerprint density at radius 1 is 1.35 bits per heavy atom. The van der Waals surface area contributed by atoms with Crippen LogP contribution in [0.5, 0.6) is 0 Å². The quantitative estimate of drug-likeness (QED) is 0.876. The standard InChI is InChI=1S/C18H17ClN2OS/c1-2-17(10-6-11-21-17)18(16(20)22,15-9-5-12-23-15)13-7-3-4-8-14(13)19/h3-12H,2H2,1H3,(H2,20,22). The lowest BCUT2D eigenvalue weighted by Crippen LogP contribution is -2.57. The molecule has 3 rings (SSSR count). The monoisotopic (exact) mass is 344 g/mol. The van der Waals surface area contributed by atoms with Gasteiger partial charge in [0.2, 0.25) is 5.91 Å². The van der Waals surface area contributed by atoms with Crippen LogP contribution in [-0.4, -0.2) is 17.7 Å². The smallest absolute Gasteiger partial charge is 0.236 e. The van der Waals surface area contributed by atoms with Crippen molar-refractivity contribution in [2.24, 2.45) is 10.7 Å². The molecule has 5 heteroatoms. The lowest BCUT2D eigenvalue weighted by atomic mass is 9.62. The van der Waals surface area contributed by atoms with E-state index < -0.39 is 16.9 Å². The molecule has 1 aliphatic heterocycles. The Bertz CT molecular complexity index is 770. The first kappa shape index (κ1) is 16.0. The number of benzene rings is 1. The summed E-state index contributed by atoms with van der Waals surface area (Å²) in [7, 11) is 0. The summed E-state index contributed by atoms with van der Waals surface area (Å²) in [5.74, 6) is -0.446. The number of nitrogens with two attached hydrogens (primary N) is 1. The second-order valence-electron chi connectivity index (χ2n) is 5.49. The molecule has 0 radical (unpaired) electrons. The molecule has 23 heavy (non-hydrogen) atoms. The van der Waals surface area contributed by atoms with E-state index >= 15 is 0 Å². The fourth-order valence-electron chi connectivity index (χ4n) is 3.42. The lowest BCUT2D eigenvalue weighted by molar-refractivity contribution is -0.123. The minimum atomic E-state index is -1.13. The third-order valence-corrected chi connectivity index (χ3v) is 5.81. The van der Waals surface area contributed by atoms with Crippen molar-refractivity contribution in [2.75, 3.05) is 0 Å². The number of primary amides is 1. The maximum Gasteiger partial charge on any atom is 0.236 e. The van der Waals surface area contributed by atoms with Gasteiger partial charge in [-0.2, -0.15) is 0 Å². The van der Waals surface area contributed by atoms with Crippen molar-refractivity contribution in [1.29, 1.82) is 0 Å². The fourth-order valence-corrected chi connectivity index (χ4v) is 4.72. The average molecular weight is 345 g/mol. The minimum absolute atomic E-state index is 0.446. The van der Waals surface area contributed by atoms with E-state index in [9.17, 15) is 4.79 Å². The predicted octanol–water partition coefficient (Wildman–Crippen LogP) is 3.96. The summed E-state index contributed by atoms with van der Waals surface area (Å²) in [5.41, 5.74) is 4.81. The summed E-state index contributed by atoms with van der Waals surface area (Å²) >= 11 is 7.98. The summed E-state index contributed by atoms with van der Waals surface area (Å²) in [6.45, 7) is 2.01. The van der Waals surface area contributed by atoms with Crippen LogP contribution in [0.4, 0.5) is 0 Å². The fraction of sp³-hybridized carbons (Fsp3) is 0.222. The highest BCUT2D eigenvalue weighted by atomic mass is 35.5. The molecule has 3 nitrogen and oxygen atoms in total. The molecule has 1 aromatic carbocycles. The Morgan fingerprint density at radius 3 is 2.65 bits per heavy atom. The number of carbonyl (C=O) groups excluding carboxylic acids is 1. The number of halogens is 1. The number of amides is 1. The molecule has 0 saturated carbocycles. The molecular formula is C18H17ClN2OS. The highest BCUT2D eigenvalue weighted by molar-refractivity contribution is 7.10. The molecule has 2 atom stereocenters. The van der Waals surface area contributed by atoms with Gasteiger partial charge in [-0.15, -0.1) is 11.3 Å². The second kappa shape index (κ2) is 5.95. The topological polar surface area (TPSA) is 55.5 Å². The zero-order valence-corrected chi connectivity index (χ0v) is 14.3. The molecule has 2 unspecified atom stereocenters. The van der Waals surface area contributed by atoms with Crippen molar-refractivity contribution in [3.8, 4) is 0 Å². The number of carbonyl (C=O) groups is 1. The number of thiophene rings is 1. The van der Waals surface area contributed by atoms with Crippen molar-refractivity contribution in [1.82, 2.24) is 0 Å². The van der Waals surface area contributed by atoms with Gasteiger partial charge >= 0.3 is 0 Å². The molecular weight excluding hydrogens is 328 g/mol. The molecule has 1 amide bonds. The molecule has 2 heterocycles. The summed E-state index contributed by atoms with van der Waals surface area (Å²) in [4.78, 5) is 18.4. The Balaban J connectivity index is 2.43. The highest BCUT2D eigenvalue weighted by Crippen LogP contribution is 2.51. The number of rotatable bonds is 5. The van der Waals surface area contributed by atoms with Crippen LogP contribution in [0.15, 0.2) is 58.9 Å². The van der Waals surface area contributed by atoms with Crippen molar-refractivity contribution < 1.29 is 4.79 Å². The van der Waals surface area contributed by atoms with Gasteiger partial charge in [-0.05, 0) is 35.6 Å². The van der Waals surface area contributed by atoms with Gasteiger partial charge in [0.25, 0.3) is 0 Å². The van der Waals surface area contributed by atoms with Crippen LogP contribution in [0.3, 0.4) is 0 Å². The van der Waals surface area contributed by atoms with E-state index in [1.54, 1.807) is 12.3 Å². The third-order valence-electron chi connectivity index (χ3n) is 4.49. The van der Waals surface area contributed by atoms with Gasteiger partial charge < -0.3 is 5.73 Å². The average Bonchev–Trinajstić information content (AvgIpc) is 3.22. The third kappa shape index (κ3) is 2.17. The number of nitrogens with zero attached hydrogens (tertiary/aromatic N) is 1. The SMILES string of the molecule is CCC1(C(C(N)=O)(c2cccs2)c2ccccc2Cl)C=CC=N1. The van der Waals surface area contributed by atoms with Gasteiger partial charge in [0.15, 0.2) is 0 Å². The number of aliphatic imine (C=N–C) groups is 1. The largest absolute Gasteiger partial charge is 0.368 e. The van der Waals surface area contributed by atoms with Crippen molar-refractivity contribution in [2.45, 2.75) is 24.3 Å². The van der Waals surface area contributed by atoms with Crippen molar-refractivity contribution >= 4 is 35.1 Å². The molecule has 2 aromatic rings. The van der Waals surface area contributed by atoms with E-state index in [0.29, 0.717) is 17.0 Å². The van der Waals surface area contributed by atoms with Crippen LogP contribution < -0.4 is 5.73 Å². The van der Waals surface area contributed by atoms with Crippen molar-refractivity contribution in [3.05, 3.63) is 69.4 Å². The van der Waals surface area contributed by atoms with E-state index in [2.05, 4.69) is 4.99 Å². The van der Waals surface area contributed by atoms with Crippen LogP contribution >= 0.6 is 22.9 Å². The molecule has 1 aliphatic rings. The maximum atomic E-state index is 12.9. The van der Waals surface area contributed by atoms with E-state index in [1.807, 2.05) is 54.8 Å². The molecule has 0 fully saturated rings. The summed E-state index contributed by atoms with van der Waals surface area (Å²) in [6.07, 6.45) is 6.18. The number of hydrogen-bond acceptors (Lipinski definition) is 3. The Kier molecular flexibility index (Phi) is 4.13. The molecule has 0 spiro atoms. The molecule has 1 aromatic heterocycles. The van der Waals surface area contributed by atoms with Crippen LogP contribution in [-0.2, 0) is 10.2 Å². The van der Waals surface area contributed by atoms with Crippen LogP contribution in [0, 0.1) is 0 Å². The van der Waals surface area contributed by atoms with E-state index in [-0.39, 0.29) is 0 Å². The van der Waals surface area contributed by atoms with Gasteiger partial charge in [0, 0.05) is 16.1 Å². The molecule has 2 N–H and O–H groups in total. The van der Waals surface area contributed by atoms with Gasteiger partial charge in [0.1, 0.15) is 11.0 Å². The van der Waals surface area contributed by atoms with Gasteiger partial charge in [-0.25, -0.2) is 0 Å². The van der Waals surface area contributed by atoms with E-state index in [1.165, 1.54) is 11.3 Å². The first-order chi connectivity index (χ1) is 11.1. The highest BCUT2D eigenvalue weighted by Gasteiger charge is 2.58. The summed E-state index contributed by atoms with van der Waals surface area (Å²) in [6, 6.07) is 11.2. The normalized spacial score (nSPS) is 22.2. The zero-order chi connectivity index (χ0) is 16.5. The Hall–Kier alpha value is -1.91. The van der Waals surface area contributed by atoms with Gasteiger partial charge in [-0.1, -0.05) is 48.9 Å². The first-order valence-electron chi connectivity index (χ1n) is 7.40.